The third kappa shape index (κ3) is 2.01. The Morgan fingerprint density at radius 2 is 2.32 bits per heavy atom. The van der Waals surface area contributed by atoms with Crippen molar-refractivity contribution >= 4 is 26.8 Å². The molecule has 102 valence electrons. The lowest BCUT2D eigenvalue weighted by Crippen LogP contribution is -2.15. The van der Waals surface area contributed by atoms with Gasteiger partial charge in [-0.15, -0.1) is 0 Å². The lowest BCUT2D eigenvalue weighted by Gasteiger charge is -2.23. The van der Waals surface area contributed by atoms with Crippen molar-refractivity contribution in [2.75, 3.05) is 6.61 Å². The summed E-state index contributed by atoms with van der Waals surface area (Å²) < 4.78 is 20.3. The maximum Gasteiger partial charge on any atom is 0.138 e. The van der Waals surface area contributed by atoms with Gasteiger partial charge in [-0.25, -0.2) is 4.39 Å². The summed E-state index contributed by atoms with van der Waals surface area (Å²) in [6, 6.07) is 1.57. The zero-order valence-corrected chi connectivity index (χ0v) is 12.7. The number of halogens is 2. The van der Waals surface area contributed by atoms with Crippen molar-refractivity contribution in [2.24, 2.45) is 0 Å². The van der Waals surface area contributed by atoms with Gasteiger partial charge in [0, 0.05) is 11.1 Å². The predicted molar refractivity (Wildman–Crippen MR) is 78.0 cm³/mol. The number of nitrogens with one attached hydrogen (secondary N) is 1. The van der Waals surface area contributed by atoms with Crippen LogP contribution >= 0.6 is 15.9 Å². The fraction of sp³-hybridized carbons (Fsp3) is 0.467. The van der Waals surface area contributed by atoms with Crippen LogP contribution in [0.25, 0.3) is 10.9 Å². The molecular weight excluding hydrogens is 309 g/mol. The Morgan fingerprint density at radius 3 is 3.05 bits per heavy atom. The summed E-state index contributed by atoms with van der Waals surface area (Å²) in [6.07, 6.45) is 3.04. The Balaban J connectivity index is 2.27. The van der Waals surface area contributed by atoms with Gasteiger partial charge >= 0.3 is 0 Å². The van der Waals surface area contributed by atoms with E-state index in [-0.39, 0.29) is 11.9 Å². The molecule has 0 spiro atoms. The maximum atomic E-state index is 13.9. The fourth-order valence-corrected chi connectivity index (χ4v) is 3.50. The molecule has 2 aromatic rings. The molecule has 4 heteroatoms. The molecule has 0 fully saturated rings. The number of fused-ring (bicyclic) bond motifs is 3. The van der Waals surface area contributed by atoms with Crippen molar-refractivity contribution in [3.63, 3.8) is 0 Å². The first kappa shape index (κ1) is 13.1. The third-order valence-electron chi connectivity index (χ3n) is 3.85. The van der Waals surface area contributed by atoms with Crippen LogP contribution in [0, 0.1) is 12.7 Å². The molecule has 1 aliphatic rings. The lowest BCUT2D eigenvalue weighted by molar-refractivity contribution is 0.0339. The molecule has 0 saturated heterocycles. The Kier molecular flexibility index (Phi) is 3.39. The van der Waals surface area contributed by atoms with E-state index in [9.17, 15) is 4.39 Å². The van der Waals surface area contributed by atoms with Crippen molar-refractivity contribution in [3.8, 4) is 0 Å². The van der Waals surface area contributed by atoms with Crippen LogP contribution in [0.2, 0.25) is 0 Å². The van der Waals surface area contributed by atoms with Crippen LogP contribution in [-0.4, -0.2) is 11.6 Å². The monoisotopic (exact) mass is 325 g/mol. The first-order valence-corrected chi connectivity index (χ1v) is 7.53. The predicted octanol–water partition coefficient (Wildman–Crippen LogP) is 4.79. The van der Waals surface area contributed by atoms with Crippen LogP contribution in [-0.2, 0) is 11.2 Å². The van der Waals surface area contributed by atoms with Gasteiger partial charge in [-0.3, -0.25) is 0 Å². The minimum atomic E-state index is -0.190. The summed E-state index contributed by atoms with van der Waals surface area (Å²) >= 11 is 3.40. The molecule has 19 heavy (non-hydrogen) atoms. The number of ether oxygens (including phenoxy) is 1. The normalized spacial score (nSPS) is 18.8. The second-order valence-electron chi connectivity index (χ2n) is 5.15. The van der Waals surface area contributed by atoms with Gasteiger partial charge in [0.25, 0.3) is 0 Å². The summed E-state index contributed by atoms with van der Waals surface area (Å²) in [5, 5.41) is 0.997. The number of aryl methyl sites for hydroxylation is 1. The van der Waals surface area contributed by atoms with E-state index in [0.717, 1.165) is 41.4 Å². The molecule has 1 unspecified atom stereocenters. The van der Waals surface area contributed by atoms with Gasteiger partial charge in [-0.05, 0) is 52.9 Å². The highest BCUT2D eigenvalue weighted by molar-refractivity contribution is 9.10. The van der Waals surface area contributed by atoms with Gasteiger partial charge in [0.2, 0.25) is 0 Å². The van der Waals surface area contributed by atoms with E-state index in [2.05, 4.69) is 27.8 Å². The summed E-state index contributed by atoms with van der Waals surface area (Å²) in [6.45, 7) is 4.81. The van der Waals surface area contributed by atoms with Gasteiger partial charge in [0.05, 0.1) is 22.7 Å². The average Bonchev–Trinajstić information content (AvgIpc) is 2.78. The Bertz CT molecular complexity index is 635. The van der Waals surface area contributed by atoms with Crippen LogP contribution in [0.15, 0.2) is 10.5 Å². The molecule has 2 heterocycles. The minimum absolute atomic E-state index is 0.121. The minimum Gasteiger partial charge on any atom is -0.372 e. The number of benzene rings is 1. The lowest BCUT2D eigenvalue weighted by atomic mass is 9.99. The zero-order valence-electron chi connectivity index (χ0n) is 11.1. The average molecular weight is 326 g/mol. The molecule has 1 atom stereocenters. The molecule has 0 amide bonds. The number of aromatic amines is 1. The largest absolute Gasteiger partial charge is 0.372 e. The molecule has 2 nitrogen and oxygen atoms in total. The summed E-state index contributed by atoms with van der Waals surface area (Å²) in [5.74, 6) is -0.190. The first-order chi connectivity index (χ1) is 9.13. The number of aromatic nitrogens is 1. The highest BCUT2D eigenvalue weighted by Crippen LogP contribution is 2.40. The maximum absolute atomic E-state index is 13.9. The second kappa shape index (κ2) is 4.91. The second-order valence-corrected chi connectivity index (χ2v) is 5.95. The van der Waals surface area contributed by atoms with Gasteiger partial charge < -0.3 is 9.72 Å². The van der Waals surface area contributed by atoms with E-state index in [1.54, 1.807) is 6.07 Å². The van der Waals surface area contributed by atoms with Gasteiger partial charge in [-0.2, -0.15) is 0 Å². The molecular formula is C15H17BrFNO. The number of rotatable bonds is 2. The highest BCUT2D eigenvalue weighted by atomic mass is 79.9. The number of hydrogen-bond donors (Lipinski definition) is 1. The molecule has 1 aromatic heterocycles. The molecule has 0 saturated carbocycles. The van der Waals surface area contributed by atoms with Crippen molar-refractivity contribution in [3.05, 3.63) is 33.2 Å². The molecule has 1 aliphatic heterocycles. The van der Waals surface area contributed by atoms with Crippen LogP contribution < -0.4 is 0 Å². The van der Waals surface area contributed by atoms with Crippen molar-refractivity contribution < 1.29 is 9.13 Å². The molecule has 1 N–H and O–H groups in total. The van der Waals surface area contributed by atoms with Gasteiger partial charge in [-0.1, -0.05) is 13.3 Å². The summed E-state index contributed by atoms with van der Waals surface area (Å²) in [5.41, 5.74) is 4.33. The van der Waals surface area contributed by atoms with E-state index in [4.69, 9.17) is 4.74 Å². The standard InChI is InChI=1S/C15H17BrFNO/c1-3-4-11-15-9(5-6-19-11)12-13(16)10(17)7-8(2)14(12)18-15/h7,11,18H,3-6H2,1-2H3. The smallest absolute Gasteiger partial charge is 0.138 e. The van der Waals surface area contributed by atoms with E-state index < -0.39 is 0 Å². The fourth-order valence-electron chi connectivity index (χ4n) is 2.95. The van der Waals surface area contributed by atoms with Crippen LogP contribution in [0.1, 0.15) is 42.7 Å². The Hall–Kier alpha value is -0.870. The van der Waals surface area contributed by atoms with Crippen molar-refractivity contribution in [1.82, 2.24) is 4.98 Å². The molecule has 0 bridgehead atoms. The number of hydrogen-bond acceptors (Lipinski definition) is 1. The summed E-state index contributed by atoms with van der Waals surface area (Å²) in [7, 11) is 0. The van der Waals surface area contributed by atoms with Crippen LogP contribution in [0.4, 0.5) is 4.39 Å². The topological polar surface area (TPSA) is 25.0 Å². The molecule has 0 aliphatic carbocycles. The van der Waals surface area contributed by atoms with Crippen LogP contribution in [0.3, 0.4) is 0 Å². The first-order valence-electron chi connectivity index (χ1n) is 6.74. The highest BCUT2D eigenvalue weighted by Gasteiger charge is 2.26. The summed E-state index contributed by atoms with van der Waals surface area (Å²) in [4.78, 5) is 3.47. The van der Waals surface area contributed by atoms with E-state index in [0.29, 0.717) is 11.1 Å². The van der Waals surface area contributed by atoms with Gasteiger partial charge in [0.15, 0.2) is 0 Å². The third-order valence-corrected chi connectivity index (χ3v) is 4.62. The van der Waals surface area contributed by atoms with Crippen molar-refractivity contribution in [2.45, 2.75) is 39.2 Å². The van der Waals surface area contributed by atoms with E-state index in [1.165, 1.54) is 5.56 Å². The SMILES string of the molecule is CCCC1OCCc2c1[nH]c1c(C)cc(F)c(Br)c21. The Morgan fingerprint density at radius 1 is 1.53 bits per heavy atom. The quantitative estimate of drug-likeness (QED) is 0.843. The Labute approximate surface area is 120 Å². The molecule has 3 rings (SSSR count). The van der Waals surface area contributed by atoms with E-state index in [1.807, 2.05) is 6.92 Å². The van der Waals surface area contributed by atoms with E-state index >= 15 is 0 Å². The zero-order chi connectivity index (χ0) is 13.6. The van der Waals surface area contributed by atoms with Crippen molar-refractivity contribution in [1.29, 1.82) is 0 Å². The van der Waals surface area contributed by atoms with Crippen LogP contribution in [0.5, 0.6) is 0 Å². The number of H-pyrrole nitrogens is 1. The molecule has 0 radical (unpaired) electrons. The van der Waals surface area contributed by atoms with Gasteiger partial charge in [0.1, 0.15) is 5.82 Å². The molecule has 1 aromatic carbocycles.